The highest BCUT2D eigenvalue weighted by Gasteiger charge is 2.46. The van der Waals surface area contributed by atoms with Crippen LogP contribution in [-0.4, -0.2) is 51.0 Å². The SMILES string of the molecule is CC.COS(=O)(=O)C(F)(F)F.COc1ccc(C)cc1.Cc1ccc(CCCC(=O)ON2C(=O)CCC2=O)cc1. The van der Waals surface area contributed by atoms with Crippen molar-refractivity contribution in [2.75, 3.05) is 14.2 Å². The van der Waals surface area contributed by atoms with Gasteiger partial charge in [0.05, 0.1) is 14.2 Å². The summed E-state index contributed by atoms with van der Waals surface area (Å²) in [5.74, 6) is -0.509. The van der Waals surface area contributed by atoms with E-state index in [9.17, 15) is 36.0 Å². The van der Waals surface area contributed by atoms with Crippen LogP contribution >= 0.6 is 0 Å². The smallest absolute Gasteiger partial charge is 0.497 e. The molecule has 2 amide bonds. The number of nitrogens with zero attached hydrogens (tertiary/aromatic N) is 1. The van der Waals surface area contributed by atoms with E-state index in [4.69, 9.17) is 9.57 Å². The summed E-state index contributed by atoms with van der Waals surface area (Å²) in [7, 11) is -3.22. The Kier molecular flexibility index (Phi) is 16.5. The first-order valence-electron chi connectivity index (χ1n) is 12.3. The van der Waals surface area contributed by atoms with Gasteiger partial charge in [-0.2, -0.15) is 21.6 Å². The van der Waals surface area contributed by atoms with E-state index in [2.05, 4.69) is 11.1 Å². The van der Waals surface area contributed by atoms with E-state index in [0.717, 1.165) is 17.7 Å². The second-order valence-electron chi connectivity index (χ2n) is 7.97. The van der Waals surface area contributed by atoms with Crippen LogP contribution in [0.5, 0.6) is 5.75 Å². The number of halogens is 3. The van der Waals surface area contributed by atoms with E-state index in [1.807, 2.05) is 69.3 Å². The molecule has 0 unspecified atom stereocenters. The summed E-state index contributed by atoms with van der Waals surface area (Å²) in [5, 5.41) is 0.591. The zero-order chi connectivity index (χ0) is 30.9. The van der Waals surface area contributed by atoms with Gasteiger partial charge >= 0.3 is 21.6 Å². The van der Waals surface area contributed by atoms with Gasteiger partial charge in [-0.1, -0.05) is 61.4 Å². The van der Waals surface area contributed by atoms with Gasteiger partial charge in [0, 0.05) is 19.3 Å². The van der Waals surface area contributed by atoms with E-state index in [1.54, 1.807) is 7.11 Å². The molecule has 0 saturated carbocycles. The number of amides is 2. The number of hydrogen-bond donors (Lipinski definition) is 0. The average molecular weight is 592 g/mol. The van der Waals surface area contributed by atoms with Crippen LogP contribution < -0.4 is 4.74 Å². The highest BCUT2D eigenvalue weighted by Crippen LogP contribution is 2.23. The molecule has 0 aromatic heterocycles. The number of ether oxygens (including phenoxy) is 1. The number of alkyl halides is 3. The normalized spacial score (nSPS) is 12.7. The molecule has 9 nitrogen and oxygen atoms in total. The third kappa shape index (κ3) is 13.6. The Labute approximate surface area is 233 Å². The van der Waals surface area contributed by atoms with Gasteiger partial charge in [-0.05, 0) is 44.4 Å². The number of aryl methyl sites for hydroxylation is 3. The van der Waals surface area contributed by atoms with Crippen LogP contribution in [0.4, 0.5) is 13.2 Å². The highest BCUT2D eigenvalue weighted by atomic mass is 32.2. The van der Waals surface area contributed by atoms with Crippen molar-refractivity contribution < 1.29 is 49.7 Å². The fourth-order valence-electron chi connectivity index (χ4n) is 2.77. The number of carbonyl (C=O) groups excluding carboxylic acids is 3. The Morgan fingerprint density at radius 1 is 0.875 bits per heavy atom. The Balaban J connectivity index is 0.000000634. The lowest BCUT2D eigenvalue weighted by Gasteiger charge is -2.12. The van der Waals surface area contributed by atoms with Crippen molar-refractivity contribution in [3.8, 4) is 5.75 Å². The first-order valence-corrected chi connectivity index (χ1v) is 13.7. The summed E-state index contributed by atoms with van der Waals surface area (Å²) in [6, 6.07) is 16.1. The predicted octanol–water partition coefficient (Wildman–Crippen LogP) is 5.44. The number of methoxy groups -OCH3 is 1. The molecule has 40 heavy (non-hydrogen) atoms. The average Bonchev–Trinajstić information content (AvgIpc) is 3.23. The molecule has 0 bridgehead atoms. The lowest BCUT2D eigenvalue weighted by molar-refractivity contribution is -0.197. The fourth-order valence-corrected chi connectivity index (χ4v) is 2.95. The molecular formula is C27H36F3NO8S. The van der Waals surface area contributed by atoms with E-state index >= 15 is 0 Å². The lowest BCUT2D eigenvalue weighted by Crippen LogP contribution is -2.31. The summed E-state index contributed by atoms with van der Waals surface area (Å²) in [6.45, 7) is 8.07. The molecule has 0 N–H and O–H groups in total. The molecule has 0 aliphatic carbocycles. The van der Waals surface area contributed by atoms with Crippen molar-refractivity contribution in [3.63, 3.8) is 0 Å². The molecule has 0 atom stereocenters. The van der Waals surface area contributed by atoms with E-state index in [0.29, 0.717) is 18.6 Å². The first-order chi connectivity index (χ1) is 18.7. The van der Waals surface area contributed by atoms with Crippen molar-refractivity contribution in [1.29, 1.82) is 0 Å². The minimum atomic E-state index is -5.34. The molecule has 2 aromatic carbocycles. The van der Waals surface area contributed by atoms with Gasteiger partial charge in [0.25, 0.3) is 11.8 Å². The van der Waals surface area contributed by atoms with Crippen molar-refractivity contribution in [2.24, 2.45) is 0 Å². The molecule has 13 heteroatoms. The number of benzene rings is 2. The second kappa shape index (κ2) is 18.0. The fraction of sp³-hybridized carbons (Fsp3) is 0.444. The third-order valence-electron chi connectivity index (χ3n) is 4.93. The zero-order valence-electron chi connectivity index (χ0n) is 23.4. The Morgan fingerprint density at radius 2 is 1.32 bits per heavy atom. The topological polar surface area (TPSA) is 116 Å². The quantitative estimate of drug-likeness (QED) is 0.238. The first kappa shape index (κ1) is 36.5. The summed E-state index contributed by atoms with van der Waals surface area (Å²) in [5.41, 5.74) is -1.70. The van der Waals surface area contributed by atoms with E-state index in [1.165, 1.54) is 11.1 Å². The van der Waals surface area contributed by atoms with Gasteiger partial charge in [-0.25, -0.2) is 4.79 Å². The Bertz CT molecular complexity index is 1150. The standard InChI is InChI=1S/C15H17NO4.C8H10O.C2H3F3O3S.C2H6/c1-11-5-7-12(8-6-11)3-2-4-15(19)20-16-13(17)9-10-14(16)18;1-7-3-5-8(9-2)6-4-7;1-8-9(6,7)2(3,4)5;1-2/h5-8H,2-4,9-10H2,1H3;3-6H,1-2H3;1H3;1-2H3. The van der Waals surface area contributed by atoms with Crippen molar-refractivity contribution in [1.82, 2.24) is 5.06 Å². The second-order valence-corrected chi connectivity index (χ2v) is 9.67. The van der Waals surface area contributed by atoms with Crippen LogP contribution in [0.15, 0.2) is 48.5 Å². The monoisotopic (exact) mass is 591 g/mol. The van der Waals surface area contributed by atoms with Crippen molar-refractivity contribution in [3.05, 3.63) is 65.2 Å². The Morgan fingerprint density at radius 3 is 1.70 bits per heavy atom. The molecule has 0 spiro atoms. The van der Waals surface area contributed by atoms with Gasteiger partial charge in [-0.3, -0.25) is 13.8 Å². The van der Waals surface area contributed by atoms with Crippen molar-refractivity contribution >= 4 is 27.9 Å². The molecule has 1 aliphatic heterocycles. The molecule has 1 heterocycles. The zero-order valence-corrected chi connectivity index (χ0v) is 24.2. The minimum absolute atomic E-state index is 0.121. The number of rotatable bonds is 7. The van der Waals surface area contributed by atoms with Gasteiger partial charge in [0.2, 0.25) is 0 Å². The van der Waals surface area contributed by atoms with Crippen LogP contribution in [0.25, 0.3) is 0 Å². The van der Waals surface area contributed by atoms with Crippen LogP contribution in [-0.2, 0) is 39.9 Å². The largest absolute Gasteiger partial charge is 0.523 e. The summed E-state index contributed by atoms with van der Waals surface area (Å²) in [4.78, 5) is 38.9. The molecule has 224 valence electrons. The van der Waals surface area contributed by atoms with Gasteiger partial charge in [0.1, 0.15) is 5.75 Å². The molecule has 1 fully saturated rings. The molecular weight excluding hydrogens is 555 g/mol. The van der Waals surface area contributed by atoms with Crippen LogP contribution in [0.3, 0.4) is 0 Å². The third-order valence-corrected chi connectivity index (χ3v) is 5.93. The highest BCUT2D eigenvalue weighted by molar-refractivity contribution is 7.87. The predicted molar refractivity (Wildman–Crippen MR) is 142 cm³/mol. The summed E-state index contributed by atoms with van der Waals surface area (Å²) in [6.07, 6.45) is 1.81. The van der Waals surface area contributed by atoms with Crippen LogP contribution in [0.1, 0.15) is 56.2 Å². The number of hydrogen-bond acceptors (Lipinski definition) is 8. The molecule has 0 radical (unpaired) electrons. The summed E-state index contributed by atoms with van der Waals surface area (Å²) < 4.78 is 60.8. The molecule has 1 saturated heterocycles. The van der Waals surface area contributed by atoms with E-state index < -0.39 is 33.4 Å². The summed E-state index contributed by atoms with van der Waals surface area (Å²) >= 11 is 0. The van der Waals surface area contributed by atoms with E-state index in [-0.39, 0.29) is 19.3 Å². The van der Waals surface area contributed by atoms with Crippen LogP contribution in [0, 0.1) is 13.8 Å². The molecule has 3 rings (SSSR count). The number of hydroxylamine groups is 2. The van der Waals surface area contributed by atoms with Gasteiger partial charge < -0.3 is 9.57 Å². The maximum atomic E-state index is 11.6. The van der Waals surface area contributed by atoms with Crippen LogP contribution in [0.2, 0.25) is 0 Å². The lowest BCUT2D eigenvalue weighted by atomic mass is 10.1. The van der Waals surface area contributed by atoms with Crippen molar-refractivity contribution in [2.45, 2.75) is 65.3 Å². The van der Waals surface area contributed by atoms with Gasteiger partial charge in [-0.15, -0.1) is 5.06 Å². The van der Waals surface area contributed by atoms with Gasteiger partial charge in [0.15, 0.2) is 0 Å². The maximum Gasteiger partial charge on any atom is 0.523 e. The number of imide groups is 1. The molecule has 1 aliphatic rings. The Hall–Kier alpha value is -3.45. The minimum Gasteiger partial charge on any atom is -0.497 e. The molecule has 2 aromatic rings. The maximum absolute atomic E-state index is 11.6. The number of carbonyl (C=O) groups is 3.